The summed E-state index contributed by atoms with van der Waals surface area (Å²) < 4.78 is 140. The third kappa shape index (κ3) is 49.8. The summed E-state index contributed by atoms with van der Waals surface area (Å²) in [5.41, 5.74) is 1.08. The van der Waals surface area contributed by atoms with E-state index < -0.39 is 20.2 Å². The number of hydrogen-bond acceptors (Lipinski definition) is 20. The van der Waals surface area contributed by atoms with Crippen LogP contribution in [0, 0.1) is 0 Å². The molecule has 0 spiro atoms. The molecule has 0 N–H and O–H groups in total. The van der Waals surface area contributed by atoms with Crippen molar-refractivity contribution in [3.8, 4) is 11.5 Å². The van der Waals surface area contributed by atoms with Gasteiger partial charge in [-0.25, -0.2) is 16.8 Å². The van der Waals surface area contributed by atoms with Crippen molar-refractivity contribution in [3.63, 3.8) is 0 Å². The number of aryl methyl sites for hydroxylation is 1. The molecule has 366 valence electrons. The molecule has 0 aliphatic heterocycles. The monoisotopic (exact) mass is 1010 g/mol. The Balaban J connectivity index is 0. The molecule has 0 radical (unpaired) electrons. The van der Waals surface area contributed by atoms with Gasteiger partial charge in [-0.3, -0.25) is 0 Å². The molecule has 1 aromatic rings. The van der Waals surface area contributed by atoms with Crippen LogP contribution >= 0.6 is 0 Å². The molecule has 0 saturated heterocycles. The van der Waals surface area contributed by atoms with Crippen LogP contribution in [-0.2, 0) is 83.5 Å². The second-order valence-corrected chi connectivity index (χ2v) is 16.2. The van der Waals surface area contributed by atoms with E-state index in [1.54, 1.807) is 0 Å². The first-order valence-electron chi connectivity index (χ1n) is 21.3. The first kappa shape index (κ1) is 67.5. The minimum atomic E-state index is -4.15. The number of benzene rings is 1. The number of unbranched alkanes of at least 4 members (excludes halogenated alkanes) is 2. The predicted octanol–water partition coefficient (Wildman–Crippen LogP) is -4.14. The van der Waals surface area contributed by atoms with Gasteiger partial charge in [0.2, 0.25) is 0 Å². The molecule has 1 rings (SSSR count). The van der Waals surface area contributed by atoms with Gasteiger partial charge in [0, 0.05) is 30.8 Å². The van der Waals surface area contributed by atoms with Gasteiger partial charge >= 0.3 is 103 Å². The second-order valence-electron chi connectivity index (χ2n) is 13.1. The maximum Gasteiger partial charge on any atom is 1.00 e. The van der Waals surface area contributed by atoms with Crippen LogP contribution in [0.1, 0.15) is 38.2 Å². The van der Waals surface area contributed by atoms with Crippen LogP contribution in [0.4, 0.5) is 0 Å². The van der Waals surface area contributed by atoms with E-state index in [9.17, 15) is 25.9 Å². The summed E-state index contributed by atoms with van der Waals surface area (Å²) in [6, 6.07) is 5.79. The maximum atomic E-state index is 10.5. The Bertz CT molecular complexity index is 1370. The molecule has 0 heterocycles. The first-order chi connectivity index (χ1) is 30.1. The van der Waals surface area contributed by atoms with Crippen LogP contribution in [0.2, 0.25) is 0 Å². The molecule has 0 unspecified atom stereocenters. The molecule has 0 amide bonds. The van der Waals surface area contributed by atoms with Crippen LogP contribution < -0.4 is 112 Å². The van der Waals surface area contributed by atoms with Gasteiger partial charge < -0.3 is 75.4 Å². The summed E-state index contributed by atoms with van der Waals surface area (Å²) in [4.78, 5) is 0. The molecule has 0 aliphatic rings. The average Bonchev–Trinajstić information content (AvgIpc) is 3.23. The molecule has 1 aromatic carbocycles. The molecule has 0 atom stereocenters. The maximum absolute atomic E-state index is 10.5. The first-order valence-corrected chi connectivity index (χ1v) is 24.4. The van der Waals surface area contributed by atoms with Crippen LogP contribution in [0.5, 0.6) is 11.5 Å². The van der Waals surface area contributed by atoms with Gasteiger partial charge in [0.25, 0.3) is 0 Å². The van der Waals surface area contributed by atoms with Crippen molar-refractivity contribution in [1.29, 1.82) is 0 Å². The summed E-state index contributed by atoms with van der Waals surface area (Å²) in [5, 5.41) is 0. The summed E-state index contributed by atoms with van der Waals surface area (Å²) in [5.74, 6) is 0.728. The number of hydrogen-bond donors (Lipinski definition) is 0. The molecule has 0 aliphatic carbocycles. The van der Waals surface area contributed by atoms with Gasteiger partial charge in [0.15, 0.2) is 0 Å². The van der Waals surface area contributed by atoms with E-state index in [-0.39, 0.29) is 114 Å². The van der Waals surface area contributed by atoms with Gasteiger partial charge in [0.1, 0.15) is 24.7 Å². The topological polar surface area (TPSA) is 244 Å². The molecular weight excluding hydrogens is 943 g/mol. The Labute approximate surface area is 467 Å². The van der Waals surface area contributed by atoms with Gasteiger partial charge in [-0.2, -0.15) is 0 Å². The Morgan fingerprint density at radius 3 is 0.922 bits per heavy atom. The zero-order valence-corrected chi connectivity index (χ0v) is 46.4. The Hall–Kier alpha value is 1.43. The van der Waals surface area contributed by atoms with E-state index in [0.29, 0.717) is 203 Å². The largest absolute Gasteiger partial charge is 1.00 e. The molecule has 0 fully saturated rings. The van der Waals surface area contributed by atoms with Crippen LogP contribution in [0.25, 0.3) is 0 Å². The molecule has 20 nitrogen and oxygen atoms in total. The number of ether oxygens (including phenoxy) is 14. The number of rotatable bonds is 49. The molecule has 0 bridgehead atoms. The van der Waals surface area contributed by atoms with Crippen molar-refractivity contribution in [2.45, 2.75) is 39.0 Å². The smallest absolute Gasteiger partial charge is 0.748 e. The van der Waals surface area contributed by atoms with Crippen molar-refractivity contribution in [2.75, 3.05) is 183 Å². The molecular formula is C40H72K2O20S2. The van der Waals surface area contributed by atoms with Crippen molar-refractivity contribution < 1.29 is 195 Å². The molecule has 0 saturated carbocycles. The second kappa shape index (κ2) is 49.4. The minimum Gasteiger partial charge on any atom is -0.748 e. The van der Waals surface area contributed by atoms with E-state index in [2.05, 4.69) is 6.92 Å². The van der Waals surface area contributed by atoms with E-state index in [4.69, 9.17) is 66.3 Å². The van der Waals surface area contributed by atoms with Gasteiger partial charge in [-0.05, 0) is 43.7 Å². The fourth-order valence-corrected chi connectivity index (χ4v) is 5.96. The fourth-order valence-electron chi connectivity index (χ4n) is 4.85. The molecule has 64 heavy (non-hydrogen) atoms. The molecule has 0 aromatic heterocycles. The SMILES string of the molecule is CCc1ccc(OCCOCCOCCOCCOCCOCCOCCCCS(=O)(=O)[O-])cc1OCCOCCOCCOCCOCCOCCOCCCCS(=O)(=O)[O-].[K+].[K+]. The Kier molecular flexibility index (Phi) is 52.1. The van der Waals surface area contributed by atoms with Crippen LogP contribution in [-0.4, -0.2) is 209 Å². The fraction of sp³-hybridized carbons (Fsp3) is 0.850. The summed E-state index contributed by atoms with van der Waals surface area (Å²) in [6.07, 6.45) is 2.44. The zero-order chi connectivity index (χ0) is 45.1. The van der Waals surface area contributed by atoms with Gasteiger partial charge in [0.05, 0.1) is 166 Å². The van der Waals surface area contributed by atoms with Crippen molar-refractivity contribution in [2.24, 2.45) is 0 Å². The van der Waals surface area contributed by atoms with Gasteiger partial charge in [-0.15, -0.1) is 0 Å². The van der Waals surface area contributed by atoms with E-state index in [1.165, 1.54) is 0 Å². The van der Waals surface area contributed by atoms with Crippen molar-refractivity contribution >= 4 is 20.2 Å². The quantitative estimate of drug-likeness (QED) is 0.0342. The summed E-state index contributed by atoms with van der Waals surface area (Å²) in [6.45, 7) is 13.1. The summed E-state index contributed by atoms with van der Waals surface area (Å²) in [7, 11) is -8.31. The Morgan fingerprint density at radius 1 is 0.375 bits per heavy atom. The van der Waals surface area contributed by atoms with Crippen LogP contribution in [0.15, 0.2) is 18.2 Å². The predicted molar refractivity (Wildman–Crippen MR) is 224 cm³/mol. The third-order valence-electron chi connectivity index (χ3n) is 7.99. The summed E-state index contributed by atoms with van der Waals surface area (Å²) >= 11 is 0. The average molecular weight is 1020 g/mol. The van der Waals surface area contributed by atoms with E-state index in [0.717, 1.165) is 17.7 Å². The Morgan fingerprint density at radius 2 is 0.641 bits per heavy atom. The molecule has 24 heteroatoms. The van der Waals surface area contributed by atoms with Crippen molar-refractivity contribution in [1.82, 2.24) is 0 Å². The normalized spacial score (nSPS) is 11.7. The van der Waals surface area contributed by atoms with Crippen molar-refractivity contribution in [3.05, 3.63) is 23.8 Å². The van der Waals surface area contributed by atoms with Crippen LogP contribution in [0.3, 0.4) is 0 Å². The van der Waals surface area contributed by atoms with E-state index >= 15 is 0 Å². The standard InChI is InChI=1S/C40H74O20S2.2K/c1-2-38-7-8-39(59-33-31-57-29-27-55-25-23-53-21-19-51-17-15-49-13-11-47-9-3-5-35-61(41,42)43)37-40(38)60-34-32-58-30-28-56-26-24-54-22-20-52-18-16-50-14-12-48-10-4-6-36-62(44,45)46;;/h7-8,37H,2-6,9-36H2,1H3,(H,41,42,43)(H,44,45,46);;/q;2*+1/p-2. The third-order valence-corrected chi connectivity index (χ3v) is 9.56. The minimum absolute atomic E-state index is 0. The van der Waals surface area contributed by atoms with Gasteiger partial charge in [-0.1, -0.05) is 13.0 Å². The zero-order valence-electron chi connectivity index (χ0n) is 38.5. The van der Waals surface area contributed by atoms with E-state index in [1.807, 2.05) is 18.2 Å².